The molecule has 1 aromatic carbocycles. The maximum Gasteiger partial charge on any atom is 0.419 e. The molecule has 1 aromatic rings. The van der Waals surface area contributed by atoms with Crippen molar-refractivity contribution in [3.63, 3.8) is 0 Å². The number of alkyl halides is 3. The second-order valence-electron chi connectivity index (χ2n) is 5.29. The lowest BCUT2D eigenvalue weighted by Crippen LogP contribution is -2.59. The van der Waals surface area contributed by atoms with Crippen LogP contribution in [-0.2, 0) is 6.18 Å². The fourth-order valence-corrected chi connectivity index (χ4v) is 3.03. The van der Waals surface area contributed by atoms with E-state index in [1.807, 2.05) is 13.8 Å². The van der Waals surface area contributed by atoms with Gasteiger partial charge in [0, 0.05) is 11.8 Å². The van der Waals surface area contributed by atoms with Crippen LogP contribution in [0.25, 0.3) is 0 Å². The molecule has 0 heterocycles. The first-order valence-electron chi connectivity index (χ1n) is 6.86. The summed E-state index contributed by atoms with van der Waals surface area (Å²) in [6.45, 7) is 3.86. The molecule has 1 aliphatic carbocycles. The summed E-state index contributed by atoms with van der Waals surface area (Å²) in [7, 11) is 0. The Morgan fingerprint density at radius 1 is 1.25 bits per heavy atom. The number of halogens is 3. The number of para-hydroxylation sites is 1. The maximum atomic E-state index is 12.9. The Morgan fingerprint density at radius 2 is 1.85 bits per heavy atom. The SMILES string of the molecule is CCC1(CC)C(O)CC1Oc1ccccc1C(F)(F)F. The van der Waals surface area contributed by atoms with Crippen molar-refractivity contribution in [3.8, 4) is 5.75 Å². The second kappa shape index (κ2) is 5.28. The van der Waals surface area contributed by atoms with E-state index in [1.54, 1.807) is 0 Å². The molecule has 1 fully saturated rings. The number of ether oxygens (including phenoxy) is 1. The molecule has 112 valence electrons. The van der Waals surface area contributed by atoms with Crippen molar-refractivity contribution in [1.29, 1.82) is 0 Å². The molecular formula is C15H19F3O2. The normalized spacial score (nSPS) is 25.1. The number of hydrogen-bond acceptors (Lipinski definition) is 2. The van der Waals surface area contributed by atoms with Crippen molar-refractivity contribution in [2.75, 3.05) is 0 Å². The Balaban J connectivity index is 2.24. The van der Waals surface area contributed by atoms with Crippen LogP contribution in [0.4, 0.5) is 13.2 Å². The minimum atomic E-state index is -4.43. The first-order chi connectivity index (χ1) is 9.35. The molecule has 0 saturated heterocycles. The fourth-order valence-electron chi connectivity index (χ4n) is 3.03. The van der Waals surface area contributed by atoms with Gasteiger partial charge in [0.05, 0.1) is 11.7 Å². The number of benzene rings is 1. The van der Waals surface area contributed by atoms with Crippen LogP contribution in [0.2, 0.25) is 0 Å². The van der Waals surface area contributed by atoms with Gasteiger partial charge < -0.3 is 9.84 Å². The molecule has 2 nitrogen and oxygen atoms in total. The number of rotatable bonds is 4. The van der Waals surface area contributed by atoms with Crippen LogP contribution in [0.5, 0.6) is 5.75 Å². The summed E-state index contributed by atoms with van der Waals surface area (Å²) in [5, 5.41) is 9.93. The zero-order valence-electron chi connectivity index (χ0n) is 11.6. The molecule has 20 heavy (non-hydrogen) atoms. The van der Waals surface area contributed by atoms with Crippen LogP contribution < -0.4 is 4.74 Å². The third-order valence-corrected chi connectivity index (χ3v) is 4.52. The highest BCUT2D eigenvalue weighted by molar-refractivity contribution is 5.36. The van der Waals surface area contributed by atoms with Crippen molar-refractivity contribution in [2.45, 2.75) is 51.5 Å². The van der Waals surface area contributed by atoms with E-state index in [4.69, 9.17) is 4.74 Å². The molecular weight excluding hydrogens is 269 g/mol. The quantitative estimate of drug-likeness (QED) is 0.906. The van der Waals surface area contributed by atoms with Crippen LogP contribution in [0, 0.1) is 5.41 Å². The fraction of sp³-hybridized carbons (Fsp3) is 0.600. The van der Waals surface area contributed by atoms with Gasteiger partial charge in [0.25, 0.3) is 0 Å². The minimum absolute atomic E-state index is 0.150. The van der Waals surface area contributed by atoms with E-state index in [1.165, 1.54) is 18.2 Å². The monoisotopic (exact) mass is 288 g/mol. The van der Waals surface area contributed by atoms with Crippen LogP contribution in [0.3, 0.4) is 0 Å². The second-order valence-corrected chi connectivity index (χ2v) is 5.29. The molecule has 2 rings (SSSR count). The van der Waals surface area contributed by atoms with Crippen LogP contribution >= 0.6 is 0 Å². The molecule has 0 bridgehead atoms. The Kier molecular flexibility index (Phi) is 4.00. The largest absolute Gasteiger partial charge is 0.489 e. The van der Waals surface area contributed by atoms with E-state index >= 15 is 0 Å². The van der Waals surface area contributed by atoms with Gasteiger partial charge >= 0.3 is 6.18 Å². The molecule has 0 amide bonds. The van der Waals surface area contributed by atoms with Crippen LogP contribution in [0.15, 0.2) is 24.3 Å². The summed E-state index contributed by atoms with van der Waals surface area (Å²) in [6, 6.07) is 5.23. The summed E-state index contributed by atoms with van der Waals surface area (Å²) in [6.07, 6.45) is -3.54. The third-order valence-electron chi connectivity index (χ3n) is 4.52. The average Bonchev–Trinajstić information content (AvgIpc) is 2.39. The first kappa shape index (κ1) is 15.2. The van der Waals surface area contributed by atoms with Crippen molar-refractivity contribution in [2.24, 2.45) is 5.41 Å². The van der Waals surface area contributed by atoms with Gasteiger partial charge in [-0.15, -0.1) is 0 Å². The van der Waals surface area contributed by atoms with Crippen molar-refractivity contribution >= 4 is 0 Å². The zero-order valence-corrected chi connectivity index (χ0v) is 11.6. The lowest BCUT2D eigenvalue weighted by Gasteiger charge is -2.52. The van der Waals surface area contributed by atoms with E-state index in [2.05, 4.69) is 0 Å². The Hall–Kier alpha value is -1.23. The molecule has 5 heteroatoms. The van der Waals surface area contributed by atoms with Gasteiger partial charge in [0.1, 0.15) is 11.9 Å². The molecule has 0 aliphatic heterocycles. The molecule has 0 radical (unpaired) electrons. The van der Waals surface area contributed by atoms with Gasteiger partial charge in [0.15, 0.2) is 0 Å². The molecule has 1 saturated carbocycles. The summed E-state index contributed by atoms with van der Waals surface area (Å²) in [4.78, 5) is 0. The predicted octanol–water partition coefficient (Wildman–Crippen LogP) is 4.02. The number of hydrogen-bond donors (Lipinski definition) is 1. The number of aliphatic hydroxyl groups is 1. The topological polar surface area (TPSA) is 29.5 Å². The lowest BCUT2D eigenvalue weighted by atomic mass is 9.60. The van der Waals surface area contributed by atoms with E-state index in [0.29, 0.717) is 19.3 Å². The van der Waals surface area contributed by atoms with Gasteiger partial charge in [-0.1, -0.05) is 26.0 Å². The van der Waals surface area contributed by atoms with Crippen LogP contribution in [0.1, 0.15) is 38.7 Å². The van der Waals surface area contributed by atoms with Crippen LogP contribution in [-0.4, -0.2) is 17.3 Å². The Bertz CT molecular complexity index is 466. The standard InChI is InChI=1S/C15H19F3O2/c1-3-14(4-2)12(19)9-13(14)20-11-8-6-5-7-10(11)15(16,17)18/h5-8,12-13,19H,3-4,9H2,1-2H3. The number of aliphatic hydroxyl groups excluding tert-OH is 1. The molecule has 2 unspecified atom stereocenters. The first-order valence-corrected chi connectivity index (χ1v) is 6.86. The van der Waals surface area contributed by atoms with Gasteiger partial charge in [-0.25, -0.2) is 0 Å². The molecule has 1 N–H and O–H groups in total. The summed E-state index contributed by atoms with van der Waals surface area (Å²) in [5.41, 5.74) is -1.19. The summed E-state index contributed by atoms with van der Waals surface area (Å²) >= 11 is 0. The van der Waals surface area contributed by atoms with Gasteiger partial charge in [-0.2, -0.15) is 13.2 Å². The molecule has 1 aliphatic rings. The van der Waals surface area contributed by atoms with E-state index in [-0.39, 0.29) is 11.9 Å². The smallest absolute Gasteiger partial charge is 0.419 e. The lowest BCUT2D eigenvalue weighted by molar-refractivity contribution is -0.165. The van der Waals surface area contributed by atoms with E-state index in [0.717, 1.165) is 6.07 Å². The zero-order chi connectivity index (χ0) is 15.0. The highest BCUT2D eigenvalue weighted by Crippen LogP contribution is 2.50. The predicted molar refractivity (Wildman–Crippen MR) is 69.5 cm³/mol. The summed E-state index contributed by atoms with van der Waals surface area (Å²) in [5.74, 6) is -0.150. The van der Waals surface area contributed by atoms with Crippen molar-refractivity contribution < 1.29 is 23.0 Å². The average molecular weight is 288 g/mol. The van der Waals surface area contributed by atoms with E-state index in [9.17, 15) is 18.3 Å². The Labute approximate surface area is 116 Å². The van der Waals surface area contributed by atoms with Gasteiger partial charge in [-0.05, 0) is 25.0 Å². The maximum absolute atomic E-state index is 12.9. The van der Waals surface area contributed by atoms with Gasteiger partial charge in [0.2, 0.25) is 0 Å². The molecule has 2 atom stereocenters. The third kappa shape index (κ3) is 2.39. The molecule has 0 aromatic heterocycles. The highest BCUT2D eigenvalue weighted by atomic mass is 19.4. The van der Waals surface area contributed by atoms with E-state index < -0.39 is 23.3 Å². The minimum Gasteiger partial charge on any atom is -0.489 e. The highest BCUT2D eigenvalue weighted by Gasteiger charge is 2.54. The molecule has 0 spiro atoms. The van der Waals surface area contributed by atoms with Crippen molar-refractivity contribution in [3.05, 3.63) is 29.8 Å². The summed E-state index contributed by atoms with van der Waals surface area (Å²) < 4.78 is 44.4. The van der Waals surface area contributed by atoms with Gasteiger partial charge in [-0.3, -0.25) is 0 Å². The Morgan fingerprint density at radius 3 is 2.35 bits per heavy atom. The van der Waals surface area contributed by atoms with Crippen molar-refractivity contribution in [1.82, 2.24) is 0 Å².